The quantitative estimate of drug-likeness (QED) is 0.435. The third kappa shape index (κ3) is 5.93. The lowest BCUT2D eigenvalue weighted by Crippen LogP contribution is -2.28. The highest BCUT2D eigenvalue weighted by Gasteiger charge is 2.31. The Hall–Kier alpha value is -0.590. The average Bonchev–Trinajstić information content (AvgIpc) is 2.37. The maximum atomic E-state index is 12.2. The fourth-order valence-corrected chi connectivity index (χ4v) is 3.25. The topological polar surface area (TPSA) is 17.1 Å². The van der Waals surface area contributed by atoms with Gasteiger partial charge in [-0.05, 0) is 56.3 Å². The van der Waals surface area contributed by atoms with E-state index in [1.165, 1.54) is 25.7 Å². The number of allylic oxidation sites excluding steroid dienone is 1. The minimum Gasteiger partial charge on any atom is -0.299 e. The van der Waals surface area contributed by atoms with Gasteiger partial charge < -0.3 is 0 Å². The number of carbonyl (C=O) groups excluding carboxylic acids is 1. The fourth-order valence-electron chi connectivity index (χ4n) is 3.25. The van der Waals surface area contributed by atoms with Gasteiger partial charge in [0.25, 0.3) is 0 Å². The summed E-state index contributed by atoms with van der Waals surface area (Å²) in [5.74, 6) is 1.72. The molecular weight excluding hydrogens is 232 g/mol. The van der Waals surface area contributed by atoms with Gasteiger partial charge in [-0.1, -0.05) is 33.3 Å². The third-order valence-electron chi connectivity index (χ3n) is 4.74. The number of rotatable bonds is 7. The van der Waals surface area contributed by atoms with Crippen LogP contribution in [-0.4, -0.2) is 5.78 Å². The van der Waals surface area contributed by atoms with E-state index in [2.05, 4.69) is 27.4 Å². The second-order valence-electron chi connectivity index (χ2n) is 7.27. The maximum Gasteiger partial charge on any atom is 0.135 e. The Bertz CT molecular complexity index is 277. The first kappa shape index (κ1) is 16.5. The Labute approximate surface area is 119 Å². The molecule has 0 unspecified atom stereocenters. The SMILES string of the molecule is C=CCCCCCC(=O)C1CCC(C(C)(C)C)CC1. The molecule has 0 aromatic rings. The van der Waals surface area contributed by atoms with E-state index in [1.54, 1.807) is 0 Å². The Morgan fingerprint density at radius 1 is 1.11 bits per heavy atom. The highest BCUT2D eigenvalue weighted by Crippen LogP contribution is 2.40. The summed E-state index contributed by atoms with van der Waals surface area (Å²) in [5.41, 5.74) is 0.415. The standard InChI is InChI=1S/C18H32O/c1-5-6-7-8-9-10-17(19)15-11-13-16(14-12-15)18(2,3)4/h5,15-16H,1,6-14H2,2-4H3. The molecule has 0 saturated heterocycles. The van der Waals surface area contributed by atoms with Crippen molar-refractivity contribution in [2.45, 2.75) is 78.6 Å². The molecule has 0 bridgehead atoms. The molecular formula is C18H32O. The summed E-state index contributed by atoms with van der Waals surface area (Å²) in [5, 5.41) is 0. The zero-order valence-corrected chi connectivity index (χ0v) is 13.2. The van der Waals surface area contributed by atoms with Crippen LogP contribution in [-0.2, 0) is 4.79 Å². The van der Waals surface area contributed by atoms with Crippen molar-refractivity contribution in [3.63, 3.8) is 0 Å². The Kier molecular flexibility index (Phi) is 6.82. The molecule has 0 spiro atoms. The lowest BCUT2D eigenvalue weighted by Gasteiger charge is -2.36. The zero-order chi connectivity index (χ0) is 14.3. The summed E-state index contributed by atoms with van der Waals surface area (Å²) in [6.45, 7) is 10.7. The van der Waals surface area contributed by atoms with Crippen LogP contribution < -0.4 is 0 Å². The minimum absolute atomic E-state index is 0.373. The average molecular weight is 264 g/mol. The largest absolute Gasteiger partial charge is 0.299 e. The number of Topliss-reactive ketones (excluding diaryl/α,β-unsaturated/α-hetero) is 1. The smallest absolute Gasteiger partial charge is 0.135 e. The van der Waals surface area contributed by atoms with Gasteiger partial charge in [-0.2, -0.15) is 0 Å². The molecule has 0 radical (unpaired) electrons. The lowest BCUT2D eigenvalue weighted by atomic mass is 9.69. The number of hydrogen-bond acceptors (Lipinski definition) is 1. The van der Waals surface area contributed by atoms with Crippen LogP contribution in [0.2, 0.25) is 0 Å². The Balaban J connectivity index is 2.20. The van der Waals surface area contributed by atoms with Gasteiger partial charge in [0.2, 0.25) is 0 Å². The monoisotopic (exact) mass is 264 g/mol. The van der Waals surface area contributed by atoms with Crippen LogP contribution in [0, 0.1) is 17.3 Å². The van der Waals surface area contributed by atoms with E-state index in [1.807, 2.05) is 6.08 Å². The number of ketones is 1. The van der Waals surface area contributed by atoms with Crippen molar-refractivity contribution in [1.29, 1.82) is 0 Å². The van der Waals surface area contributed by atoms with Gasteiger partial charge in [-0.25, -0.2) is 0 Å². The summed E-state index contributed by atoms with van der Waals surface area (Å²) in [6.07, 6.45) is 12.1. The van der Waals surface area contributed by atoms with Crippen molar-refractivity contribution in [3.05, 3.63) is 12.7 Å². The van der Waals surface area contributed by atoms with Gasteiger partial charge in [0, 0.05) is 12.3 Å². The van der Waals surface area contributed by atoms with Crippen molar-refractivity contribution in [3.8, 4) is 0 Å². The minimum atomic E-state index is 0.373. The summed E-state index contributed by atoms with van der Waals surface area (Å²) in [4.78, 5) is 12.2. The second kappa shape index (κ2) is 7.87. The van der Waals surface area contributed by atoms with Crippen LogP contribution in [0.5, 0.6) is 0 Å². The normalized spacial score (nSPS) is 24.2. The maximum absolute atomic E-state index is 12.2. The fraction of sp³-hybridized carbons (Fsp3) is 0.833. The molecule has 0 aromatic heterocycles. The van der Waals surface area contributed by atoms with Crippen molar-refractivity contribution >= 4 is 5.78 Å². The van der Waals surface area contributed by atoms with E-state index in [0.717, 1.165) is 38.0 Å². The van der Waals surface area contributed by atoms with E-state index < -0.39 is 0 Å². The van der Waals surface area contributed by atoms with Crippen molar-refractivity contribution in [1.82, 2.24) is 0 Å². The first-order chi connectivity index (χ1) is 8.95. The summed E-state index contributed by atoms with van der Waals surface area (Å²) < 4.78 is 0. The first-order valence-electron chi connectivity index (χ1n) is 8.08. The molecule has 1 saturated carbocycles. The predicted octanol–water partition coefficient (Wildman–Crippen LogP) is 5.54. The van der Waals surface area contributed by atoms with Crippen LogP contribution in [0.1, 0.15) is 78.6 Å². The van der Waals surface area contributed by atoms with Crippen molar-refractivity contribution < 1.29 is 4.79 Å². The highest BCUT2D eigenvalue weighted by molar-refractivity contribution is 5.81. The summed E-state index contributed by atoms with van der Waals surface area (Å²) >= 11 is 0. The Morgan fingerprint density at radius 3 is 2.26 bits per heavy atom. The molecule has 1 heteroatoms. The molecule has 1 rings (SSSR count). The Morgan fingerprint density at radius 2 is 1.74 bits per heavy atom. The van der Waals surface area contributed by atoms with Gasteiger partial charge in [0.1, 0.15) is 5.78 Å². The molecule has 1 fully saturated rings. The van der Waals surface area contributed by atoms with Gasteiger partial charge in [0.15, 0.2) is 0 Å². The zero-order valence-electron chi connectivity index (χ0n) is 13.2. The molecule has 110 valence electrons. The van der Waals surface area contributed by atoms with E-state index in [4.69, 9.17) is 0 Å². The first-order valence-corrected chi connectivity index (χ1v) is 8.08. The van der Waals surface area contributed by atoms with Crippen LogP contribution in [0.3, 0.4) is 0 Å². The molecule has 0 aromatic carbocycles. The molecule has 1 nitrogen and oxygen atoms in total. The summed E-state index contributed by atoms with van der Waals surface area (Å²) in [7, 11) is 0. The predicted molar refractivity (Wildman–Crippen MR) is 83.2 cm³/mol. The van der Waals surface area contributed by atoms with Crippen LogP contribution in [0.15, 0.2) is 12.7 Å². The van der Waals surface area contributed by atoms with Gasteiger partial charge >= 0.3 is 0 Å². The highest BCUT2D eigenvalue weighted by atomic mass is 16.1. The molecule has 1 aliphatic rings. The molecule has 0 aliphatic heterocycles. The summed E-state index contributed by atoms with van der Waals surface area (Å²) in [6, 6.07) is 0. The van der Waals surface area contributed by atoms with Gasteiger partial charge in [0.05, 0.1) is 0 Å². The van der Waals surface area contributed by atoms with Crippen LogP contribution >= 0.6 is 0 Å². The van der Waals surface area contributed by atoms with Gasteiger partial charge in [-0.3, -0.25) is 4.79 Å². The van der Waals surface area contributed by atoms with E-state index in [0.29, 0.717) is 17.1 Å². The molecule has 1 aliphatic carbocycles. The molecule has 0 amide bonds. The second-order valence-corrected chi connectivity index (χ2v) is 7.27. The van der Waals surface area contributed by atoms with Crippen molar-refractivity contribution in [2.75, 3.05) is 0 Å². The van der Waals surface area contributed by atoms with E-state index in [9.17, 15) is 4.79 Å². The molecule has 19 heavy (non-hydrogen) atoms. The van der Waals surface area contributed by atoms with Crippen LogP contribution in [0.25, 0.3) is 0 Å². The van der Waals surface area contributed by atoms with Gasteiger partial charge in [-0.15, -0.1) is 6.58 Å². The number of hydrogen-bond donors (Lipinski definition) is 0. The molecule has 0 heterocycles. The number of unbranched alkanes of at least 4 members (excludes halogenated alkanes) is 3. The molecule has 0 atom stereocenters. The van der Waals surface area contributed by atoms with Crippen molar-refractivity contribution in [2.24, 2.45) is 17.3 Å². The molecule has 0 N–H and O–H groups in total. The lowest BCUT2D eigenvalue weighted by molar-refractivity contribution is -0.124. The third-order valence-corrected chi connectivity index (χ3v) is 4.74. The van der Waals surface area contributed by atoms with E-state index >= 15 is 0 Å². The number of carbonyl (C=O) groups is 1. The van der Waals surface area contributed by atoms with Crippen LogP contribution in [0.4, 0.5) is 0 Å². The van der Waals surface area contributed by atoms with E-state index in [-0.39, 0.29) is 0 Å².